The molecule has 1 fully saturated rings. The quantitative estimate of drug-likeness (QED) is 0.863. The van der Waals surface area contributed by atoms with E-state index >= 15 is 0 Å². The Morgan fingerprint density at radius 3 is 3.00 bits per heavy atom. The maximum Gasteiger partial charge on any atom is 0.321 e. The molecule has 0 unspecified atom stereocenters. The van der Waals surface area contributed by atoms with Gasteiger partial charge in [0.15, 0.2) is 0 Å². The van der Waals surface area contributed by atoms with Crippen molar-refractivity contribution in [2.45, 2.75) is 31.4 Å². The van der Waals surface area contributed by atoms with E-state index < -0.39 is 10.8 Å². The fourth-order valence-electron chi connectivity index (χ4n) is 2.89. The third-order valence-electron chi connectivity index (χ3n) is 4.18. The van der Waals surface area contributed by atoms with Crippen LogP contribution in [0.2, 0.25) is 0 Å². The number of benzene rings is 1. The van der Waals surface area contributed by atoms with Crippen molar-refractivity contribution < 1.29 is 13.7 Å². The number of urea groups is 1. The van der Waals surface area contributed by atoms with Crippen LogP contribution in [-0.4, -0.2) is 45.3 Å². The van der Waals surface area contributed by atoms with Gasteiger partial charge < -0.3 is 15.0 Å². The Morgan fingerprint density at radius 2 is 2.23 bits per heavy atom. The zero-order valence-corrected chi connectivity index (χ0v) is 13.9. The van der Waals surface area contributed by atoms with Crippen molar-refractivity contribution in [3.05, 3.63) is 23.8 Å². The molecule has 1 atom stereocenters. The first-order valence-electron chi connectivity index (χ1n) is 7.66. The number of rotatable bonds is 1. The molecule has 3 rings (SSSR count). The number of nitrogens with zero attached hydrogens (tertiary/aromatic N) is 1. The molecule has 0 radical (unpaired) electrons. The molecule has 5 nitrogen and oxygen atoms in total. The minimum atomic E-state index is -0.874. The smallest absolute Gasteiger partial charge is 0.321 e. The summed E-state index contributed by atoms with van der Waals surface area (Å²) in [6, 6.07) is 5.65. The van der Waals surface area contributed by atoms with Crippen LogP contribution < -0.4 is 10.1 Å². The van der Waals surface area contributed by atoms with Gasteiger partial charge in [0, 0.05) is 35.3 Å². The molecule has 2 amide bonds. The molecule has 0 aromatic heterocycles. The maximum absolute atomic E-state index is 12.4. The highest BCUT2D eigenvalue weighted by Crippen LogP contribution is 2.28. The lowest BCUT2D eigenvalue weighted by molar-refractivity contribution is 0.207. The van der Waals surface area contributed by atoms with Crippen LogP contribution in [-0.2, 0) is 17.2 Å². The lowest BCUT2D eigenvalue weighted by Crippen LogP contribution is -2.53. The monoisotopic (exact) mass is 322 g/mol. The molecule has 2 heterocycles. The summed E-state index contributed by atoms with van der Waals surface area (Å²) in [6.07, 6.45) is 1.99. The number of carbonyl (C=O) groups is 1. The molecule has 2 aliphatic rings. The number of hydrogen-bond donors (Lipinski definition) is 1. The van der Waals surface area contributed by atoms with Gasteiger partial charge in [-0.3, -0.25) is 4.21 Å². The maximum atomic E-state index is 12.4. The molecule has 1 saturated heterocycles. The van der Waals surface area contributed by atoms with Crippen molar-refractivity contribution in [3.63, 3.8) is 0 Å². The van der Waals surface area contributed by atoms with Gasteiger partial charge in [0.2, 0.25) is 0 Å². The first-order chi connectivity index (χ1) is 10.5. The number of aryl methyl sites for hydroxylation is 1. The van der Waals surface area contributed by atoms with Gasteiger partial charge in [-0.1, -0.05) is 0 Å². The van der Waals surface area contributed by atoms with Gasteiger partial charge >= 0.3 is 6.03 Å². The third-order valence-corrected chi connectivity index (χ3v) is 6.10. The van der Waals surface area contributed by atoms with Crippen LogP contribution in [0.25, 0.3) is 0 Å². The molecule has 6 heteroatoms. The largest absolute Gasteiger partial charge is 0.493 e. The highest BCUT2D eigenvalue weighted by atomic mass is 32.2. The standard InChI is InChI=1S/C16H22N2O3S/c1-16(2)11-18(7-9-22(16)20)15(19)17-13-5-6-14-12(10-13)4-3-8-21-14/h5-6,10H,3-4,7-9,11H2,1-2H3,(H,17,19)/t22-/m1/s1. The highest BCUT2D eigenvalue weighted by Gasteiger charge is 2.35. The van der Waals surface area contributed by atoms with Crippen molar-refractivity contribution in [2.24, 2.45) is 0 Å². The van der Waals surface area contributed by atoms with Crippen molar-refractivity contribution in [3.8, 4) is 5.75 Å². The Kier molecular flexibility index (Phi) is 4.12. The number of amides is 2. The molecular weight excluding hydrogens is 300 g/mol. The Labute approximate surface area is 133 Å². The minimum absolute atomic E-state index is 0.124. The first-order valence-corrected chi connectivity index (χ1v) is 8.98. The molecule has 2 aliphatic heterocycles. The molecule has 1 N–H and O–H groups in total. The molecule has 1 aromatic carbocycles. The molecule has 0 spiro atoms. The third kappa shape index (κ3) is 3.11. The summed E-state index contributed by atoms with van der Waals surface area (Å²) in [6.45, 7) is 5.70. The molecule has 0 saturated carbocycles. The van der Waals surface area contributed by atoms with Gasteiger partial charge in [0.25, 0.3) is 0 Å². The van der Waals surface area contributed by atoms with Crippen LogP contribution in [0.5, 0.6) is 5.75 Å². The van der Waals surface area contributed by atoms with Crippen LogP contribution in [0, 0.1) is 0 Å². The van der Waals surface area contributed by atoms with Crippen molar-refractivity contribution in [1.82, 2.24) is 4.90 Å². The van der Waals surface area contributed by atoms with Crippen molar-refractivity contribution in [1.29, 1.82) is 0 Å². The average molecular weight is 322 g/mol. The van der Waals surface area contributed by atoms with Crippen LogP contribution >= 0.6 is 0 Å². The van der Waals surface area contributed by atoms with Crippen LogP contribution in [0.3, 0.4) is 0 Å². The number of anilines is 1. The Hall–Kier alpha value is -1.56. The second-order valence-corrected chi connectivity index (χ2v) is 8.64. The van der Waals surface area contributed by atoms with E-state index in [4.69, 9.17) is 4.74 Å². The zero-order valence-electron chi connectivity index (χ0n) is 13.1. The average Bonchev–Trinajstić information content (AvgIpc) is 2.49. The first kappa shape index (κ1) is 15.3. The van der Waals surface area contributed by atoms with Crippen LogP contribution in [0.15, 0.2) is 18.2 Å². The van der Waals surface area contributed by atoms with Gasteiger partial charge in [0.05, 0.1) is 11.4 Å². The number of carbonyl (C=O) groups excluding carboxylic acids is 1. The summed E-state index contributed by atoms with van der Waals surface area (Å²) in [5.41, 5.74) is 1.93. The Morgan fingerprint density at radius 1 is 1.41 bits per heavy atom. The summed E-state index contributed by atoms with van der Waals surface area (Å²) < 4.78 is 17.2. The van der Waals surface area contributed by atoms with E-state index in [1.54, 1.807) is 4.90 Å². The van der Waals surface area contributed by atoms with E-state index in [1.807, 2.05) is 32.0 Å². The van der Waals surface area contributed by atoms with Crippen molar-refractivity contribution in [2.75, 3.05) is 30.8 Å². The number of ether oxygens (including phenoxy) is 1. The van der Waals surface area contributed by atoms with Crippen molar-refractivity contribution >= 4 is 22.5 Å². The van der Waals surface area contributed by atoms with Gasteiger partial charge in [-0.2, -0.15) is 0 Å². The van der Waals surface area contributed by atoms with Gasteiger partial charge in [-0.05, 0) is 50.5 Å². The predicted octanol–water partition coefficient (Wildman–Crippen LogP) is 2.39. The van der Waals surface area contributed by atoms with Crippen LogP contribution in [0.1, 0.15) is 25.8 Å². The topological polar surface area (TPSA) is 58.6 Å². The molecule has 120 valence electrons. The van der Waals surface area contributed by atoms with Gasteiger partial charge in [0.1, 0.15) is 5.75 Å². The molecule has 1 aromatic rings. The Balaban J connectivity index is 1.68. The highest BCUT2D eigenvalue weighted by molar-refractivity contribution is 7.86. The second-order valence-electron chi connectivity index (χ2n) is 6.44. The summed E-state index contributed by atoms with van der Waals surface area (Å²) >= 11 is 0. The van der Waals surface area contributed by atoms with Gasteiger partial charge in [-0.15, -0.1) is 0 Å². The van der Waals surface area contributed by atoms with E-state index in [9.17, 15) is 9.00 Å². The number of hydrogen-bond acceptors (Lipinski definition) is 3. The fraction of sp³-hybridized carbons (Fsp3) is 0.562. The Bertz CT molecular complexity index is 615. The SMILES string of the molecule is CC1(C)CN(C(=O)Nc2ccc3c(c2)CCCO3)CC[S@]1=O. The minimum Gasteiger partial charge on any atom is -0.493 e. The lowest BCUT2D eigenvalue weighted by atomic mass is 10.1. The number of nitrogens with one attached hydrogen (secondary N) is 1. The summed E-state index contributed by atoms with van der Waals surface area (Å²) in [5, 5.41) is 2.95. The van der Waals surface area contributed by atoms with Crippen LogP contribution in [0.4, 0.5) is 10.5 Å². The van der Waals surface area contributed by atoms with E-state index in [2.05, 4.69) is 5.32 Å². The molecule has 22 heavy (non-hydrogen) atoms. The predicted molar refractivity (Wildman–Crippen MR) is 87.9 cm³/mol. The normalized spacial score (nSPS) is 23.4. The van der Waals surface area contributed by atoms with E-state index in [0.29, 0.717) is 18.8 Å². The van der Waals surface area contributed by atoms with E-state index in [-0.39, 0.29) is 10.8 Å². The van der Waals surface area contributed by atoms with Gasteiger partial charge in [-0.25, -0.2) is 4.79 Å². The number of fused-ring (bicyclic) bond motifs is 1. The molecule has 0 aliphatic carbocycles. The molecular formula is C16H22N2O3S. The summed E-state index contributed by atoms with van der Waals surface area (Å²) in [5.74, 6) is 1.46. The summed E-state index contributed by atoms with van der Waals surface area (Å²) in [4.78, 5) is 14.2. The lowest BCUT2D eigenvalue weighted by Gasteiger charge is -2.37. The fourth-order valence-corrected chi connectivity index (χ4v) is 4.13. The second kappa shape index (κ2) is 5.91. The van der Waals surface area contributed by atoms with E-state index in [1.165, 1.54) is 0 Å². The van der Waals surface area contributed by atoms with E-state index in [0.717, 1.165) is 36.4 Å². The zero-order chi connectivity index (χ0) is 15.7. The summed E-state index contributed by atoms with van der Waals surface area (Å²) in [7, 11) is -0.874. The molecule has 0 bridgehead atoms.